The van der Waals surface area contributed by atoms with E-state index in [1.807, 2.05) is 12.3 Å². The summed E-state index contributed by atoms with van der Waals surface area (Å²) in [5, 5.41) is 3.55. The van der Waals surface area contributed by atoms with E-state index in [1.54, 1.807) is 25.1 Å². The predicted molar refractivity (Wildman–Crippen MR) is 164 cm³/mol. The third kappa shape index (κ3) is 5.89. The maximum Gasteiger partial charge on any atom is 0.176 e. The monoisotopic (exact) mass is 595 g/mol. The predicted octanol–water partition coefficient (Wildman–Crippen LogP) is 6.10. The maximum atomic E-state index is 15.5. The molecule has 1 N–H and O–H groups in total. The van der Waals surface area contributed by atoms with E-state index in [0.717, 1.165) is 43.6 Å². The van der Waals surface area contributed by atoms with Crippen molar-refractivity contribution in [3.8, 4) is 11.3 Å². The molecule has 0 spiro atoms. The van der Waals surface area contributed by atoms with Gasteiger partial charge in [-0.2, -0.15) is 0 Å². The molecule has 8 nitrogen and oxygen atoms in total. The molecule has 2 aromatic heterocycles. The molecular weight excluding hydrogens is 560 g/mol. The Labute approximate surface area is 245 Å². The Kier molecular flexibility index (Phi) is 8.60. The second kappa shape index (κ2) is 12.2. The molecule has 42 heavy (non-hydrogen) atoms. The number of rotatable bonds is 9. The van der Waals surface area contributed by atoms with Crippen molar-refractivity contribution in [1.82, 2.24) is 9.97 Å². The molecule has 1 aliphatic heterocycles. The maximum absolute atomic E-state index is 15.5. The van der Waals surface area contributed by atoms with Crippen molar-refractivity contribution in [2.75, 3.05) is 60.8 Å². The van der Waals surface area contributed by atoms with Gasteiger partial charge in [0.05, 0.1) is 58.0 Å². The van der Waals surface area contributed by atoms with Crippen molar-refractivity contribution in [2.45, 2.75) is 32.1 Å². The Morgan fingerprint density at radius 1 is 1.10 bits per heavy atom. The Morgan fingerprint density at radius 2 is 1.83 bits per heavy atom. The normalized spacial score (nSPS) is 13.9. The lowest BCUT2D eigenvalue weighted by molar-refractivity contribution is 0.122. The minimum atomic E-state index is -3.63. The number of sulfone groups is 1. The molecular formula is C31H35F2N5O3S. The number of hydrogen-bond donors (Lipinski definition) is 1. The first-order chi connectivity index (χ1) is 20.1. The molecule has 11 heteroatoms. The molecule has 0 atom stereocenters. The largest absolute Gasteiger partial charge is 0.378 e. The average Bonchev–Trinajstić information content (AvgIpc) is 2.97. The van der Waals surface area contributed by atoms with E-state index in [1.165, 1.54) is 6.07 Å². The zero-order chi connectivity index (χ0) is 30.0. The summed E-state index contributed by atoms with van der Waals surface area (Å²) < 4.78 is 61.0. The molecule has 0 bridgehead atoms. The van der Waals surface area contributed by atoms with Gasteiger partial charge >= 0.3 is 0 Å². The third-order valence-corrected chi connectivity index (χ3v) is 8.61. The standard InChI is InChI=1S/C31H35F2N5O3S/c1-5-11-37(6-2)22-18-26(31(34-19-22)38-12-14-41-15-13-38)36-30-20(3)29(23-9-7-8-10-27(23)42(4,39)40)35-25-17-21(32)16-24(33)28(25)30/h7-10,16-19H,5-6,11-15H2,1-4H3,(H,35,36). The minimum Gasteiger partial charge on any atom is -0.378 e. The summed E-state index contributed by atoms with van der Waals surface area (Å²) in [7, 11) is -3.63. The van der Waals surface area contributed by atoms with Crippen LogP contribution in [0, 0.1) is 18.6 Å². The number of ether oxygens (including phenoxy) is 1. The van der Waals surface area contributed by atoms with Crippen LogP contribution in [0.15, 0.2) is 53.6 Å². The van der Waals surface area contributed by atoms with Gasteiger partial charge in [-0.25, -0.2) is 27.2 Å². The summed E-state index contributed by atoms with van der Waals surface area (Å²) in [5.41, 5.74) is 3.17. The SMILES string of the molecule is CCCN(CC)c1cnc(N2CCOCC2)c(Nc2c(C)c(-c3ccccc3S(C)(=O)=O)nc3cc(F)cc(F)c23)c1. The lowest BCUT2D eigenvalue weighted by Crippen LogP contribution is -2.37. The van der Waals surface area contributed by atoms with E-state index in [0.29, 0.717) is 60.3 Å². The highest BCUT2D eigenvalue weighted by molar-refractivity contribution is 7.90. The minimum absolute atomic E-state index is 0.0668. The molecule has 0 saturated carbocycles. The zero-order valence-corrected chi connectivity index (χ0v) is 25.1. The number of anilines is 4. The Morgan fingerprint density at radius 3 is 2.52 bits per heavy atom. The molecule has 3 heterocycles. The lowest BCUT2D eigenvalue weighted by Gasteiger charge is -2.31. The molecule has 5 rings (SSSR count). The van der Waals surface area contributed by atoms with Gasteiger partial charge in [-0.15, -0.1) is 0 Å². The molecule has 0 radical (unpaired) electrons. The van der Waals surface area contributed by atoms with E-state index in [9.17, 15) is 12.8 Å². The second-order valence-electron chi connectivity index (χ2n) is 10.4. The first kappa shape index (κ1) is 29.7. The van der Waals surface area contributed by atoms with Crippen molar-refractivity contribution >= 4 is 43.6 Å². The van der Waals surface area contributed by atoms with Crippen LogP contribution in [0.3, 0.4) is 0 Å². The Balaban J connectivity index is 1.76. The summed E-state index contributed by atoms with van der Waals surface area (Å²) in [5.74, 6) is -0.871. The average molecular weight is 596 g/mol. The number of nitrogens with zero attached hydrogens (tertiary/aromatic N) is 4. The summed E-state index contributed by atoms with van der Waals surface area (Å²) in [4.78, 5) is 13.8. The highest BCUT2D eigenvalue weighted by atomic mass is 32.2. The van der Waals surface area contributed by atoms with E-state index >= 15 is 4.39 Å². The van der Waals surface area contributed by atoms with Crippen molar-refractivity contribution in [3.05, 3.63) is 65.9 Å². The summed E-state index contributed by atoms with van der Waals surface area (Å²) in [6.07, 6.45) is 3.93. The molecule has 4 aromatic rings. The van der Waals surface area contributed by atoms with Gasteiger partial charge in [0.25, 0.3) is 0 Å². The summed E-state index contributed by atoms with van der Waals surface area (Å²) in [6.45, 7) is 9.94. The van der Waals surface area contributed by atoms with Gasteiger partial charge in [0.15, 0.2) is 15.7 Å². The fourth-order valence-corrected chi connectivity index (χ4v) is 6.31. The number of halogens is 2. The Bertz CT molecular complexity index is 1730. The van der Waals surface area contributed by atoms with Gasteiger partial charge in [-0.3, -0.25) is 0 Å². The smallest absolute Gasteiger partial charge is 0.176 e. The van der Waals surface area contributed by atoms with Crippen molar-refractivity contribution in [2.24, 2.45) is 0 Å². The van der Waals surface area contributed by atoms with Crippen LogP contribution in [0.2, 0.25) is 0 Å². The van der Waals surface area contributed by atoms with Crippen LogP contribution in [-0.4, -0.2) is 64.0 Å². The van der Waals surface area contributed by atoms with E-state index in [-0.39, 0.29) is 15.8 Å². The number of pyridine rings is 2. The zero-order valence-electron chi connectivity index (χ0n) is 24.2. The van der Waals surface area contributed by atoms with Gasteiger partial charge in [0.1, 0.15) is 11.6 Å². The van der Waals surface area contributed by atoms with Crippen LogP contribution in [0.5, 0.6) is 0 Å². The van der Waals surface area contributed by atoms with Crippen molar-refractivity contribution in [1.29, 1.82) is 0 Å². The number of benzene rings is 2. The topological polar surface area (TPSA) is 87.7 Å². The first-order valence-corrected chi connectivity index (χ1v) is 15.9. The number of morpholine rings is 1. The number of aromatic nitrogens is 2. The number of nitrogens with one attached hydrogen (secondary N) is 1. The molecule has 0 amide bonds. The van der Waals surface area contributed by atoms with E-state index in [2.05, 4.69) is 33.9 Å². The third-order valence-electron chi connectivity index (χ3n) is 7.45. The van der Waals surface area contributed by atoms with Gasteiger partial charge < -0.3 is 19.9 Å². The van der Waals surface area contributed by atoms with Gasteiger partial charge in [0.2, 0.25) is 0 Å². The van der Waals surface area contributed by atoms with Crippen molar-refractivity contribution in [3.63, 3.8) is 0 Å². The summed E-state index contributed by atoms with van der Waals surface area (Å²) >= 11 is 0. The fraction of sp³-hybridized carbons (Fsp3) is 0.355. The molecule has 0 unspecified atom stereocenters. The van der Waals surface area contributed by atoms with E-state index < -0.39 is 21.5 Å². The molecule has 222 valence electrons. The molecule has 2 aromatic carbocycles. The van der Waals surface area contributed by atoms with Crippen molar-refractivity contribution < 1.29 is 21.9 Å². The molecule has 1 aliphatic rings. The van der Waals surface area contributed by atoms with Crippen LogP contribution in [0.25, 0.3) is 22.2 Å². The van der Waals surface area contributed by atoms with Crippen LogP contribution in [0.1, 0.15) is 25.8 Å². The highest BCUT2D eigenvalue weighted by Crippen LogP contribution is 2.41. The Hall–Kier alpha value is -3.83. The quantitative estimate of drug-likeness (QED) is 0.248. The van der Waals surface area contributed by atoms with Crippen LogP contribution >= 0.6 is 0 Å². The van der Waals surface area contributed by atoms with E-state index in [4.69, 9.17) is 9.72 Å². The summed E-state index contributed by atoms with van der Waals surface area (Å²) in [6, 6.07) is 10.5. The first-order valence-electron chi connectivity index (χ1n) is 14.1. The highest BCUT2D eigenvalue weighted by Gasteiger charge is 2.24. The second-order valence-corrected chi connectivity index (χ2v) is 12.4. The van der Waals surface area contributed by atoms with Crippen LogP contribution in [0.4, 0.5) is 31.7 Å². The van der Waals surface area contributed by atoms with Gasteiger partial charge in [-0.1, -0.05) is 25.1 Å². The van der Waals surface area contributed by atoms with Gasteiger partial charge in [0, 0.05) is 50.1 Å². The number of fused-ring (bicyclic) bond motifs is 1. The lowest BCUT2D eigenvalue weighted by atomic mass is 10.0. The fourth-order valence-electron chi connectivity index (χ4n) is 5.42. The van der Waals surface area contributed by atoms with Gasteiger partial charge in [-0.05, 0) is 38.0 Å². The molecule has 1 fully saturated rings. The van der Waals surface area contributed by atoms with Crippen LogP contribution in [-0.2, 0) is 14.6 Å². The van der Waals surface area contributed by atoms with Crippen LogP contribution < -0.4 is 15.1 Å². The number of hydrogen-bond acceptors (Lipinski definition) is 8. The molecule has 1 saturated heterocycles. The molecule has 0 aliphatic carbocycles.